The van der Waals surface area contributed by atoms with Crippen molar-refractivity contribution in [1.29, 1.82) is 0 Å². The molecule has 3 heterocycles. The van der Waals surface area contributed by atoms with Crippen LogP contribution in [0.5, 0.6) is 0 Å². The van der Waals surface area contributed by atoms with E-state index in [2.05, 4.69) is 5.32 Å². The highest BCUT2D eigenvalue weighted by atomic mass is 19.3. The number of carbonyl (C=O) groups is 1. The van der Waals surface area contributed by atoms with E-state index < -0.39 is 17.9 Å². The van der Waals surface area contributed by atoms with Crippen LogP contribution in [-0.2, 0) is 9.53 Å². The first-order valence-electron chi connectivity index (χ1n) is 6.99. The fraction of sp³-hybridized carbons (Fsp3) is 0.923. The third kappa shape index (κ3) is 2.25. The maximum Gasteiger partial charge on any atom is 0.265 e. The zero-order valence-electron chi connectivity index (χ0n) is 11.0. The molecule has 3 aliphatic rings. The minimum absolute atomic E-state index is 0.109. The minimum atomic E-state index is -2.73. The maximum absolute atomic E-state index is 13.5. The number of amides is 1. The lowest BCUT2D eigenvalue weighted by molar-refractivity contribution is -0.162. The zero-order valence-corrected chi connectivity index (χ0v) is 11.0. The molecule has 0 unspecified atom stereocenters. The van der Waals surface area contributed by atoms with Crippen LogP contribution in [-0.4, -0.2) is 56.1 Å². The number of alkyl halides is 2. The highest BCUT2D eigenvalue weighted by Crippen LogP contribution is 2.40. The molecular formula is C13H20F2N2O2. The Balaban J connectivity index is 1.78. The number of halogens is 2. The van der Waals surface area contributed by atoms with Crippen LogP contribution in [0.15, 0.2) is 0 Å². The summed E-state index contributed by atoms with van der Waals surface area (Å²) in [7, 11) is 0. The van der Waals surface area contributed by atoms with E-state index in [0.29, 0.717) is 32.7 Å². The summed E-state index contributed by atoms with van der Waals surface area (Å²) < 4.78 is 32.4. The molecule has 0 saturated carbocycles. The van der Waals surface area contributed by atoms with Gasteiger partial charge >= 0.3 is 0 Å². The Labute approximate surface area is 111 Å². The van der Waals surface area contributed by atoms with Gasteiger partial charge in [0.2, 0.25) is 5.91 Å². The highest BCUT2D eigenvalue weighted by Gasteiger charge is 2.53. The lowest BCUT2D eigenvalue weighted by Crippen LogP contribution is -2.57. The second-order valence-corrected chi connectivity index (χ2v) is 6.01. The van der Waals surface area contributed by atoms with Gasteiger partial charge < -0.3 is 15.0 Å². The molecule has 3 saturated heterocycles. The number of piperidine rings is 1. The van der Waals surface area contributed by atoms with Crippen LogP contribution >= 0.6 is 0 Å². The molecule has 108 valence electrons. The molecule has 3 rings (SSSR count). The average molecular weight is 274 g/mol. The molecular weight excluding hydrogens is 254 g/mol. The molecule has 1 N–H and O–H groups in total. The van der Waals surface area contributed by atoms with E-state index in [9.17, 15) is 13.6 Å². The van der Waals surface area contributed by atoms with E-state index in [0.717, 1.165) is 13.0 Å². The number of likely N-dealkylation sites (tertiary alicyclic amines) is 1. The summed E-state index contributed by atoms with van der Waals surface area (Å²) in [6, 6.07) is 0. The Kier molecular flexibility index (Phi) is 3.25. The highest BCUT2D eigenvalue weighted by molar-refractivity contribution is 5.84. The summed E-state index contributed by atoms with van der Waals surface area (Å²) >= 11 is 0. The van der Waals surface area contributed by atoms with Gasteiger partial charge in [0.05, 0.1) is 18.6 Å². The van der Waals surface area contributed by atoms with Crippen molar-refractivity contribution in [3.8, 4) is 0 Å². The van der Waals surface area contributed by atoms with Crippen LogP contribution in [0.1, 0.15) is 19.3 Å². The number of ether oxygens (including phenoxy) is 1. The van der Waals surface area contributed by atoms with E-state index in [4.69, 9.17) is 4.74 Å². The van der Waals surface area contributed by atoms with Gasteiger partial charge in [-0.25, -0.2) is 8.78 Å². The van der Waals surface area contributed by atoms with Crippen LogP contribution in [0, 0.1) is 11.3 Å². The van der Waals surface area contributed by atoms with Crippen molar-refractivity contribution in [2.24, 2.45) is 11.3 Å². The predicted octanol–water partition coefficient (Wildman–Crippen LogP) is 0.870. The van der Waals surface area contributed by atoms with Gasteiger partial charge in [0, 0.05) is 26.1 Å². The second-order valence-electron chi connectivity index (χ2n) is 6.01. The molecule has 0 aliphatic carbocycles. The molecule has 2 atom stereocenters. The Morgan fingerprint density at radius 3 is 3.05 bits per heavy atom. The summed E-state index contributed by atoms with van der Waals surface area (Å²) in [6.07, 6.45) is 1.11. The Hall–Kier alpha value is -0.750. The minimum Gasteiger partial charge on any atom is -0.380 e. The molecule has 0 aromatic carbocycles. The van der Waals surface area contributed by atoms with Crippen molar-refractivity contribution in [2.75, 3.05) is 39.4 Å². The van der Waals surface area contributed by atoms with Crippen molar-refractivity contribution in [3.05, 3.63) is 0 Å². The van der Waals surface area contributed by atoms with E-state index in [1.807, 2.05) is 0 Å². The first-order valence-corrected chi connectivity index (χ1v) is 6.99. The van der Waals surface area contributed by atoms with E-state index in [1.54, 1.807) is 0 Å². The zero-order chi connectivity index (χ0) is 13.5. The molecule has 0 aromatic rings. The van der Waals surface area contributed by atoms with E-state index in [1.165, 1.54) is 4.90 Å². The number of hydrogen-bond donors (Lipinski definition) is 1. The number of nitrogens with one attached hydrogen (secondary N) is 1. The normalized spacial score (nSPS) is 38.0. The topological polar surface area (TPSA) is 41.6 Å². The van der Waals surface area contributed by atoms with E-state index >= 15 is 0 Å². The maximum atomic E-state index is 13.5. The van der Waals surface area contributed by atoms with Crippen molar-refractivity contribution in [1.82, 2.24) is 10.2 Å². The van der Waals surface area contributed by atoms with Crippen molar-refractivity contribution in [3.63, 3.8) is 0 Å². The summed E-state index contributed by atoms with van der Waals surface area (Å²) in [5.74, 6) is -2.65. The summed E-state index contributed by atoms with van der Waals surface area (Å²) in [5, 5.41) is 3.23. The van der Waals surface area contributed by atoms with Gasteiger partial charge in [0.15, 0.2) is 0 Å². The molecule has 3 fully saturated rings. The van der Waals surface area contributed by atoms with Crippen LogP contribution in [0.3, 0.4) is 0 Å². The molecule has 0 bridgehead atoms. The monoisotopic (exact) mass is 274 g/mol. The molecule has 0 spiro atoms. The SMILES string of the molecule is O=C(N1CCCC(F)(F)C1)[C@]12CNC[C@H]1CCOC2. The van der Waals surface area contributed by atoms with Gasteiger partial charge in [-0.1, -0.05) is 0 Å². The molecule has 4 nitrogen and oxygen atoms in total. The fourth-order valence-electron chi connectivity index (χ4n) is 3.60. The second kappa shape index (κ2) is 4.66. The van der Waals surface area contributed by atoms with Gasteiger partial charge in [-0.15, -0.1) is 0 Å². The molecule has 3 aliphatic heterocycles. The van der Waals surface area contributed by atoms with Gasteiger partial charge in [-0.3, -0.25) is 4.79 Å². The Morgan fingerprint density at radius 2 is 2.26 bits per heavy atom. The van der Waals surface area contributed by atoms with Crippen LogP contribution < -0.4 is 5.32 Å². The fourth-order valence-corrected chi connectivity index (χ4v) is 3.60. The number of rotatable bonds is 1. The summed E-state index contributed by atoms with van der Waals surface area (Å²) in [6.45, 7) is 2.39. The first kappa shape index (κ1) is 13.2. The van der Waals surface area contributed by atoms with Gasteiger partial charge in [-0.2, -0.15) is 0 Å². The average Bonchev–Trinajstić information content (AvgIpc) is 2.81. The van der Waals surface area contributed by atoms with Crippen LogP contribution in [0.2, 0.25) is 0 Å². The molecule has 19 heavy (non-hydrogen) atoms. The van der Waals surface area contributed by atoms with Crippen molar-refractivity contribution in [2.45, 2.75) is 25.2 Å². The number of nitrogens with zero attached hydrogens (tertiary/aromatic N) is 1. The number of hydrogen-bond acceptors (Lipinski definition) is 3. The Bertz CT molecular complexity index is 378. The summed E-state index contributed by atoms with van der Waals surface area (Å²) in [5.41, 5.74) is -0.605. The molecule has 6 heteroatoms. The molecule has 1 amide bonds. The Morgan fingerprint density at radius 1 is 1.42 bits per heavy atom. The van der Waals surface area contributed by atoms with Gasteiger partial charge in [0.1, 0.15) is 0 Å². The lowest BCUT2D eigenvalue weighted by Gasteiger charge is -2.42. The third-order valence-corrected chi connectivity index (χ3v) is 4.69. The van der Waals surface area contributed by atoms with E-state index in [-0.39, 0.29) is 18.2 Å². The molecule has 0 radical (unpaired) electrons. The summed E-state index contributed by atoms with van der Waals surface area (Å²) in [4.78, 5) is 14.1. The number of fused-ring (bicyclic) bond motifs is 1. The smallest absolute Gasteiger partial charge is 0.265 e. The van der Waals surface area contributed by atoms with Crippen molar-refractivity contribution >= 4 is 5.91 Å². The van der Waals surface area contributed by atoms with Crippen LogP contribution in [0.25, 0.3) is 0 Å². The van der Waals surface area contributed by atoms with Crippen molar-refractivity contribution < 1.29 is 18.3 Å². The first-order chi connectivity index (χ1) is 9.04. The van der Waals surface area contributed by atoms with Gasteiger partial charge in [0.25, 0.3) is 5.92 Å². The van der Waals surface area contributed by atoms with Crippen LogP contribution in [0.4, 0.5) is 8.78 Å². The number of carbonyl (C=O) groups excluding carboxylic acids is 1. The molecule has 0 aromatic heterocycles. The quantitative estimate of drug-likeness (QED) is 0.771. The predicted molar refractivity (Wildman–Crippen MR) is 65.0 cm³/mol. The third-order valence-electron chi connectivity index (χ3n) is 4.69. The van der Waals surface area contributed by atoms with Gasteiger partial charge in [-0.05, 0) is 25.3 Å². The largest absolute Gasteiger partial charge is 0.380 e. The lowest BCUT2D eigenvalue weighted by atomic mass is 9.74. The standard InChI is InChI=1S/C13H20F2N2O2/c14-13(15)3-1-4-17(8-13)11(18)12-7-16-6-10(12)2-5-19-9-12/h10,16H,1-9H2/t10-,12+/m1/s1.